The van der Waals surface area contributed by atoms with Crippen molar-refractivity contribution in [3.05, 3.63) is 69.8 Å². The van der Waals surface area contributed by atoms with Gasteiger partial charge in [0.25, 0.3) is 0 Å². The van der Waals surface area contributed by atoms with Crippen molar-refractivity contribution in [1.82, 2.24) is 4.31 Å². The van der Waals surface area contributed by atoms with Gasteiger partial charge in [-0.05, 0) is 75.1 Å². The fourth-order valence-electron chi connectivity index (χ4n) is 3.36. The molecule has 0 radical (unpaired) electrons. The van der Waals surface area contributed by atoms with Crippen LogP contribution in [0.2, 0.25) is 5.02 Å². The van der Waals surface area contributed by atoms with E-state index in [2.05, 4.69) is 0 Å². The zero-order valence-electron chi connectivity index (χ0n) is 17.6. The molecule has 2 aromatic carbocycles. The summed E-state index contributed by atoms with van der Waals surface area (Å²) in [7, 11) is -3.58. The summed E-state index contributed by atoms with van der Waals surface area (Å²) in [6.07, 6.45) is 3.52. The van der Waals surface area contributed by atoms with Crippen LogP contribution in [0.3, 0.4) is 0 Å². The molecular formula is C23H26ClNO4S. The number of hydrogen-bond acceptors (Lipinski definition) is 4. The summed E-state index contributed by atoms with van der Waals surface area (Å²) in [6.45, 7) is 7.94. The second-order valence-electron chi connectivity index (χ2n) is 8.37. The summed E-state index contributed by atoms with van der Waals surface area (Å²) in [5.41, 5.74) is 3.00. The first kappa shape index (κ1) is 22.5. The first-order valence-electron chi connectivity index (χ1n) is 9.75. The predicted molar refractivity (Wildman–Crippen MR) is 119 cm³/mol. The number of carbonyl (C=O) groups excluding carboxylic acids is 1. The molecule has 160 valence electrons. The Balaban J connectivity index is 1.86. The number of esters is 1. The van der Waals surface area contributed by atoms with Gasteiger partial charge in [0, 0.05) is 24.2 Å². The first-order valence-corrected chi connectivity index (χ1v) is 11.6. The lowest BCUT2D eigenvalue weighted by molar-refractivity contribution is -0.148. The van der Waals surface area contributed by atoms with Crippen molar-refractivity contribution in [2.45, 2.75) is 51.2 Å². The maximum absolute atomic E-state index is 13.0. The molecule has 0 fully saturated rings. The maximum Gasteiger partial charge on any atom is 0.331 e. The predicted octanol–water partition coefficient (Wildman–Crippen LogP) is 4.75. The Hall–Kier alpha value is -2.15. The van der Waals surface area contributed by atoms with E-state index in [1.54, 1.807) is 57.2 Å². The van der Waals surface area contributed by atoms with Crippen molar-refractivity contribution < 1.29 is 17.9 Å². The molecule has 0 aromatic heterocycles. The Morgan fingerprint density at radius 1 is 1.13 bits per heavy atom. The SMILES string of the molecule is Cc1ccc(S(=O)(=O)N2CCc3c(ccc(Cl)c3/C=C/C(=O)OC(C)(C)C)C2)cc1. The van der Waals surface area contributed by atoms with Crippen LogP contribution in [0.15, 0.2) is 47.4 Å². The fraction of sp³-hybridized carbons (Fsp3) is 0.348. The van der Waals surface area contributed by atoms with Gasteiger partial charge in [-0.3, -0.25) is 0 Å². The Bertz CT molecular complexity index is 1080. The molecule has 0 saturated heterocycles. The minimum atomic E-state index is -3.58. The second kappa shape index (κ2) is 8.53. The third-order valence-corrected chi connectivity index (χ3v) is 7.00. The number of fused-ring (bicyclic) bond motifs is 1. The van der Waals surface area contributed by atoms with Crippen LogP contribution >= 0.6 is 11.6 Å². The maximum atomic E-state index is 13.0. The number of aryl methyl sites for hydroxylation is 1. The standard InChI is InChI=1S/C23H26ClNO4S/c1-16-5-8-18(9-6-16)30(27,28)25-14-13-19-17(15-25)7-11-21(24)20(19)10-12-22(26)29-23(2,3)4/h5-12H,13-15H2,1-4H3/b12-10+. The molecule has 0 amide bonds. The van der Waals surface area contributed by atoms with Gasteiger partial charge in [0.15, 0.2) is 0 Å². The van der Waals surface area contributed by atoms with Gasteiger partial charge >= 0.3 is 5.97 Å². The summed E-state index contributed by atoms with van der Waals surface area (Å²) in [4.78, 5) is 12.3. The molecule has 0 bridgehead atoms. The van der Waals surface area contributed by atoms with E-state index in [0.29, 0.717) is 18.0 Å². The van der Waals surface area contributed by atoms with Crippen molar-refractivity contribution >= 4 is 33.7 Å². The van der Waals surface area contributed by atoms with Gasteiger partial charge in [-0.25, -0.2) is 13.2 Å². The molecule has 1 aliphatic rings. The lowest BCUT2D eigenvalue weighted by Crippen LogP contribution is -2.36. The molecular weight excluding hydrogens is 422 g/mol. The highest BCUT2D eigenvalue weighted by Crippen LogP contribution is 2.31. The lowest BCUT2D eigenvalue weighted by atomic mass is 9.95. The molecule has 0 saturated carbocycles. The Labute approximate surface area is 183 Å². The lowest BCUT2D eigenvalue weighted by Gasteiger charge is -2.29. The smallest absolute Gasteiger partial charge is 0.331 e. The van der Waals surface area contributed by atoms with Crippen LogP contribution in [-0.2, 0) is 32.5 Å². The van der Waals surface area contributed by atoms with Gasteiger partial charge in [0.2, 0.25) is 10.0 Å². The zero-order chi connectivity index (χ0) is 22.1. The van der Waals surface area contributed by atoms with Crippen LogP contribution in [0.1, 0.15) is 43.0 Å². The summed E-state index contributed by atoms with van der Waals surface area (Å²) < 4.78 is 32.9. The Morgan fingerprint density at radius 2 is 1.80 bits per heavy atom. The summed E-state index contributed by atoms with van der Waals surface area (Å²) in [6, 6.07) is 10.4. The van der Waals surface area contributed by atoms with Crippen LogP contribution < -0.4 is 0 Å². The molecule has 30 heavy (non-hydrogen) atoms. The normalized spacial score (nSPS) is 15.2. The number of sulfonamides is 1. The van der Waals surface area contributed by atoms with Gasteiger partial charge in [-0.2, -0.15) is 4.31 Å². The van der Waals surface area contributed by atoms with Crippen molar-refractivity contribution in [3.8, 4) is 0 Å². The minimum absolute atomic E-state index is 0.260. The van der Waals surface area contributed by atoms with Crippen molar-refractivity contribution in [3.63, 3.8) is 0 Å². The summed E-state index contributed by atoms with van der Waals surface area (Å²) >= 11 is 6.38. The first-order chi connectivity index (χ1) is 14.0. The molecule has 0 unspecified atom stereocenters. The second-order valence-corrected chi connectivity index (χ2v) is 10.7. The number of hydrogen-bond donors (Lipinski definition) is 0. The van der Waals surface area contributed by atoms with Crippen LogP contribution in [0.5, 0.6) is 0 Å². The number of rotatable bonds is 4. The number of benzene rings is 2. The molecule has 0 aliphatic carbocycles. The quantitative estimate of drug-likeness (QED) is 0.501. The average Bonchev–Trinajstić information content (AvgIpc) is 2.65. The average molecular weight is 448 g/mol. The molecule has 5 nitrogen and oxygen atoms in total. The molecule has 2 aromatic rings. The number of ether oxygens (including phenoxy) is 1. The molecule has 3 rings (SSSR count). The van der Waals surface area contributed by atoms with E-state index in [1.165, 1.54) is 10.4 Å². The van der Waals surface area contributed by atoms with Crippen LogP contribution in [0, 0.1) is 6.92 Å². The fourth-order valence-corrected chi connectivity index (χ4v) is 5.02. The Morgan fingerprint density at radius 3 is 2.43 bits per heavy atom. The van der Waals surface area contributed by atoms with Crippen molar-refractivity contribution in [2.75, 3.05) is 6.54 Å². The number of halogens is 1. The van der Waals surface area contributed by atoms with E-state index < -0.39 is 21.6 Å². The van der Waals surface area contributed by atoms with E-state index in [1.807, 2.05) is 13.0 Å². The molecule has 0 spiro atoms. The topological polar surface area (TPSA) is 63.7 Å². The summed E-state index contributed by atoms with van der Waals surface area (Å²) in [5.74, 6) is -0.449. The molecule has 0 N–H and O–H groups in total. The highest BCUT2D eigenvalue weighted by molar-refractivity contribution is 7.89. The van der Waals surface area contributed by atoms with Gasteiger partial charge in [-0.1, -0.05) is 35.4 Å². The highest BCUT2D eigenvalue weighted by atomic mass is 35.5. The number of carbonyl (C=O) groups is 1. The minimum Gasteiger partial charge on any atom is -0.457 e. The highest BCUT2D eigenvalue weighted by Gasteiger charge is 2.29. The van der Waals surface area contributed by atoms with Gasteiger partial charge in [0.1, 0.15) is 5.60 Å². The molecule has 0 atom stereocenters. The van der Waals surface area contributed by atoms with Crippen LogP contribution in [0.4, 0.5) is 0 Å². The van der Waals surface area contributed by atoms with Crippen molar-refractivity contribution in [1.29, 1.82) is 0 Å². The van der Waals surface area contributed by atoms with Gasteiger partial charge in [0.05, 0.1) is 4.90 Å². The van der Waals surface area contributed by atoms with E-state index in [-0.39, 0.29) is 11.4 Å². The van der Waals surface area contributed by atoms with E-state index in [4.69, 9.17) is 16.3 Å². The van der Waals surface area contributed by atoms with Gasteiger partial charge < -0.3 is 4.74 Å². The van der Waals surface area contributed by atoms with Crippen molar-refractivity contribution in [2.24, 2.45) is 0 Å². The molecule has 7 heteroatoms. The van der Waals surface area contributed by atoms with Crippen LogP contribution in [0.25, 0.3) is 6.08 Å². The van der Waals surface area contributed by atoms with E-state index >= 15 is 0 Å². The zero-order valence-corrected chi connectivity index (χ0v) is 19.2. The van der Waals surface area contributed by atoms with E-state index in [9.17, 15) is 13.2 Å². The third kappa shape index (κ3) is 5.12. The summed E-state index contributed by atoms with van der Waals surface area (Å²) in [5, 5.41) is 0.517. The molecule has 1 aliphatic heterocycles. The Kier molecular flexibility index (Phi) is 6.41. The largest absolute Gasteiger partial charge is 0.457 e. The van der Waals surface area contributed by atoms with Crippen LogP contribution in [-0.4, -0.2) is 30.8 Å². The third-order valence-electron chi connectivity index (χ3n) is 4.81. The number of nitrogens with zero attached hydrogens (tertiary/aromatic N) is 1. The van der Waals surface area contributed by atoms with E-state index in [0.717, 1.165) is 22.3 Å². The monoisotopic (exact) mass is 447 g/mol. The molecule has 1 heterocycles. The van der Waals surface area contributed by atoms with Gasteiger partial charge in [-0.15, -0.1) is 0 Å².